The van der Waals surface area contributed by atoms with Crippen molar-refractivity contribution in [2.45, 2.75) is 17.7 Å². The summed E-state index contributed by atoms with van der Waals surface area (Å²) in [6.45, 7) is 1.25. The smallest absolute Gasteiger partial charge is 0.409 e. The molecule has 1 saturated heterocycles. The van der Waals surface area contributed by atoms with E-state index in [1.54, 1.807) is 4.90 Å². The number of nitrogens with one attached hydrogen (secondary N) is 1. The van der Waals surface area contributed by atoms with Gasteiger partial charge in [0, 0.05) is 19.6 Å². The van der Waals surface area contributed by atoms with Crippen molar-refractivity contribution >= 4 is 16.1 Å². The van der Waals surface area contributed by atoms with E-state index >= 15 is 0 Å². The summed E-state index contributed by atoms with van der Waals surface area (Å²) in [5, 5.41) is 0. The fourth-order valence-electron chi connectivity index (χ4n) is 2.61. The minimum atomic E-state index is -3.88. The van der Waals surface area contributed by atoms with Gasteiger partial charge >= 0.3 is 6.09 Å². The molecule has 1 fully saturated rings. The predicted octanol–water partition coefficient (Wildman–Crippen LogP) is 1.59. The first-order chi connectivity index (χ1) is 11.4. The second-order valence-corrected chi connectivity index (χ2v) is 7.28. The predicted molar refractivity (Wildman–Crippen MR) is 84.8 cm³/mol. The number of carbonyl (C=O) groups excluding carboxylic acids is 1. The molecule has 9 heteroatoms. The number of hydrogen-bond donors (Lipinski definition) is 1. The third-order valence-corrected chi connectivity index (χ3v) is 5.47. The van der Waals surface area contributed by atoms with Crippen LogP contribution in [0.4, 0.5) is 9.18 Å². The zero-order valence-corrected chi connectivity index (χ0v) is 14.4. The maximum Gasteiger partial charge on any atom is 0.409 e. The normalized spacial score (nSPS) is 16.0. The highest BCUT2D eigenvalue weighted by molar-refractivity contribution is 7.89. The molecule has 24 heavy (non-hydrogen) atoms. The van der Waals surface area contributed by atoms with Gasteiger partial charge in [-0.1, -0.05) is 0 Å². The molecule has 134 valence electrons. The number of sulfonamides is 1. The fraction of sp³-hybridized carbons (Fsp3) is 0.533. The van der Waals surface area contributed by atoms with Gasteiger partial charge in [0.2, 0.25) is 10.0 Å². The molecule has 1 aliphatic rings. The SMILES string of the molecule is COC(=O)N1CCC(CNS(=O)(=O)c2cc(F)ccc2OC)CC1. The number of amides is 1. The van der Waals surface area contributed by atoms with Crippen LogP contribution >= 0.6 is 0 Å². The van der Waals surface area contributed by atoms with Gasteiger partial charge in [0.15, 0.2) is 0 Å². The molecule has 1 heterocycles. The number of piperidine rings is 1. The molecule has 0 radical (unpaired) electrons. The Balaban J connectivity index is 1.97. The maximum atomic E-state index is 13.4. The zero-order valence-electron chi connectivity index (χ0n) is 13.6. The molecule has 0 atom stereocenters. The van der Waals surface area contributed by atoms with Gasteiger partial charge in [0.05, 0.1) is 14.2 Å². The van der Waals surface area contributed by atoms with Gasteiger partial charge in [-0.3, -0.25) is 0 Å². The first-order valence-corrected chi connectivity index (χ1v) is 9.01. The van der Waals surface area contributed by atoms with Gasteiger partial charge in [-0.05, 0) is 37.0 Å². The van der Waals surface area contributed by atoms with E-state index in [1.807, 2.05) is 0 Å². The van der Waals surface area contributed by atoms with E-state index in [1.165, 1.54) is 20.3 Å². The van der Waals surface area contributed by atoms with Crippen molar-refractivity contribution in [3.05, 3.63) is 24.0 Å². The minimum absolute atomic E-state index is 0.0874. The largest absolute Gasteiger partial charge is 0.495 e. The molecule has 7 nitrogen and oxygen atoms in total. The quantitative estimate of drug-likeness (QED) is 0.862. The standard InChI is InChI=1S/C15H21FN2O5S/c1-22-13-4-3-12(16)9-14(13)24(20,21)17-10-11-5-7-18(8-6-11)15(19)23-2/h3-4,9,11,17H,5-8,10H2,1-2H3. The molecule has 0 spiro atoms. The van der Waals surface area contributed by atoms with Crippen molar-refractivity contribution in [3.63, 3.8) is 0 Å². The lowest BCUT2D eigenvalue weighted by Gasteiger charge is -2.30. The number of hydrogen-bond acceptors (Lipinski definition) is 5. The van der Waals surface area contributed by atoms with Gasteiger partial charge in [-0.25, -0.2) is 22.3 Å². The lowest BCUT2D eigenvalue weighted by atomic mass is 9.97. The van der Waals surface area contributed by atoms with Crippen molar-refractivity contribution in [3.8, 4) is 5.75 Å². The number of nitrogens with zero attached hydrogens (tertiary/aromatic N) is 1. The van der Waals surface area contributed by atoms with Gasteiger partial charge < -0.3 is 14.4 Å². The lowest BCUT2D eigenvalue weighted by molar-refractivity contribution is 0.106. The van der Waals surface area contributed by atoms with Gasteiger partial charge in [0.1, 0.15) is 16.5 Å². The van der Waals surface area contributed by atoms with Crippen molar-refractivity contribution in [2.24, 2.45) is 5.92 Å². The number of rotatable bonds is 5. The van der Waals surface area contributed by atoms with Gasteiger partial charge in [-0.2, -0.15) is 0 Å². The third-order valence-electron chi connectivity index (χ3n) is 4.02. The van der Waals surface area contributed by atoms with Crippen LogP contribution in [0.25, 0.3) is 0 Å². The molecular formula is C15H21FN2O5S. The van der Waals surface area contributed by atoms with Crippen molar-refractivity contribution in [1.29, 1.82) is 0 Å². The average Bonchev–Trinajstić information content (AvgIpc) is 2.59. The van der Waals surface area contributed by atoms with E-state index < -0.39 is 15.8 Å². The van der Waals surface area contributed by atoms with Crippen LogP contribution in [0, 0.1) is 11.7 Å². The second kappa shape index (κ2) is 7.80. The minimum Gasteiger partial charge on any atom is -0.495 e. The van der Waals surface area contributed by atoms with Crippen molar-refractivity contribution < 1.29 is 27.1 Å². The molecule has 0 saturated carbocycles. The van der Waals surface area contributed by atoms with Crippen LogP contribution in [0.2, 0.25) is 0 Å². The highest BCUT2D eigenvalue weighted by Crippen LogP contribution is 2.25. The molecule has 0 bridgehead atoms. The van der Waals surface area contributed by atoms with E-state index in [2.05, 4.69) is 9.46 Å². The highest BCUT2D eigenvalue weighted by atomic mass is 32.2. The Labute approximate surface area is 140 Å². The summed E-state index contributed by atoms with van der Waals surface area (Å²) in [6, 6.07) is 3.35. The van der Waals surface area contributed by atoms with E-state index in [-0.39, 0.29) is 29.2 Å². The summed E-state index contributed by atoms with van der Waals surface area (Å²) < 4.78 is 50.3. The summed E-state index contributed by atoms with van der Waals surface area (Å²) in [5.74, 6) is -0.466. The molecule has 0 aromatic heterocycles. The van der Waals surface area contributed by atoms with Crippen molar-refractivity contribution in [1.82, 2.24) is 9.62 Å². The summed E-state index contributed by atoms with van der Waals surface area (Å²) in [4.78, 5) is 12.8. The van der Waals surface area contributed by atoms with Crippen molar-refractivity contribution in [2.75, 3.05) is 33.9 Å². The van der Waals surface area contributed by atoms with E-state index in [4.69, 9.17) is 4.74 Å². The van der Waals surface area contributed by atoms with E-state index in [9.17, 15) is 17.6 Å². The summed E-state index contributed by atoms with van der Waals surface area (Å²) in [5.41, 5.74) is 0. The Morgan fingerprint density at radius 1 is 1.33 bits per heavy atom. The van der Waals surface area contributed by atoms with E-state index in [0.717, 1.165) is 12.1 Å². The molecule has 1 aliphatic heterocycles. The lowest BCUT2D eigenvalue weighted by Crippen LogP contribution is -2.41. The fourth-order valence-corrected chi connectivity index (χ4v) is 3.91. The Bertz CT molecular complexity index is 687. The molecular weight excluding hydrogens is 339 g/mol. The molecule has 0 unspecified atom stereocenters. The number of likely N-dealkylation sites (tertiary alicyclic amines) is 1. The van der Waals surface area contributed by atoms with Gasteiger partial charge in [0.25, 0.3) is 0 Å². The second-order valence-electron chi connectivity index (χ2n) is 5.55. The zero-order chi connectivity index (χ0) is 17.7. The molecule has 1 aromatic carbocycles. The Morgan fingerprint density at radius 2 is 2.00 bits per heavy atom. The summed E-state index contributed by atoms with van der Waals surface area (Å²) in [6.07, 6.45) is 0.953. The van der Waals surface area contributed by atoms with Crippen LogP contribution in [-0.2, 0) is 14.8 Å². The molecule has 1 aromatic rings. The van der Waals surface area contributed by atoms with Gasteiger partial charge in [-0.15, -0.1) is 0 Å². The molecule has 2 rings (SSSR count). The third kappa shape index (κ3) is 4.35. The monoisotopic (exact) mass is 360 g/mol. The number of ether oxygens (including phenoxy) is 2. The first-order valence-electron chi connectivity index (χ1n) is 7.53. The van der Waals surface area contributed by atoms with Crippen LogP contribution in [0.5, 0.6) is 5.75 Å². The topological polar surface area (TPSA) is 84.9 Å². The average molecular weight is 360 g/mol. The maximum absolute atomic E-state index is 13.4. The summed E-state index contributed by atoms with van der Waals surface area (Å²) in [7, 11) is -1.22. The molecule has 1 N–H and O–H groups in total. The Kier molecular flexibility index (Phi) is 6.00. The van der Waals surface area contributed by atoms with E-state index in [0.29, 0.717) is 25.9 Å². The summed E-state index contributed by atoms with van der Waals surface area (Å²) >= 11 is 0. The molecule has 1 amide bonds. The van der Waals surface area contributed by atoms with Crippen LogP contribution in [0.1, 0.15) is 12.8 Å². The highest BCUT2D eigenvalue weighted by Gasteiger charge is 2.26. The number of methoxy groups -OCH3 is 2. The van der Waals surface area contributed by atoms with Crippen LogP contribution in [-0.4, -0.2) is 53.3 Å². The van der Waals surface area contributed by atoms with Crippen LogP contribution in [0.3, 0.4) is 0 Å². The molecule has 0 aliphatic carbocycles. The van der Waals surface area contributed by atoms with Crippen LogP contribution in [0.15, 0.2) is 23.1 Å². The van der Waals surface area contributed by atoms with Crippen LogP contribution < -0.4 is 9.46 Å². The number of halogens is 1. The Hall–Kier alpha value is -1.87. The number of benzene rings is 1. The number of carbonyl (C=O) groups is 1. The Morgan fingerprint density at radius 3 is 2.58 bits per heavy atom. The first kappa shape index (κ1) is 18.5.